The zero-order valence-electron chi connectivity index (χ0n) is 8.02. The van der Waals surface area contributed by atoms with Gasteiger partial charge in [-0.3, -0.25) is 0 Å². The summed E-state index contributed by atoms with van der Waals surface area (Å²) in [6.45, 7) is 1.82. The average Bonchev–Trinajstić information content (AvgIpc) is 2.03. The van der Waals surface area contributed by atoms with Gasteiger partial charge in [-0.25, -0.2) is 4.98 Å². The van der Waals surface area contributed by atoms with E-state index in [4.69, 9.17) is 10.0 Å². The number of pyridine rings is 1. The van der Waals surface area contributed by atoms with Crippen molar-refractivity contribution in [3.05, 3.63) is 17.8 Å². The van der Waals surface area contributed by atoms with Crippen LogP contribution in [0.4, 0.5) is 5.82 Å². The minimum atomic E-state index is -1.44. The first kappa shape index (κ1) is 10.0. The molecule has 0 saturated carbocycles. The SMILES string of the molecule is Cc1cc(N(C)C)ncc1B(O)O. The van der Waals surface area contributed by atoms with E-state index in [1.165, 1.54) is 6.20 Å². The lowest BCUT2D eigenvalue weighted by molar-refractivity contribution is 0.425. The van der Waals surface area contributed by atoms with Gasteiger partial charge in [0.1, 0.15) is 5.82 Å². The van der Waals surface area contributed by atoms with Gasteiger partial charge in [-0.2, -0.15) is 0 Å². The Hall–Kier alpha value is -1.07. The molecule has 0 atom stereocenters. The van der Waals surface area contributed by atoms with E-state index in [1.807, 2.05) is 32.0 Å². The average molecular weight is 180 g/mol. The Kier molecular flexibility index (Phi) is 2.90. The molecule has 13 heavy (non-hydrogen) atoms. The van der Waals surface area contributed by atoms with Crippen molar-refractivity contribution in [1.29, 1.82) is 0 Å². The molecule has 0 saturated heterocycles. The second-order valence-electron chi connectivity index (χ2n) is 3.17. The summed E-state index contributed by atoms with van der Waals surface area (Å²) < 4.78 is 0. The molecule has 4 nitrogen and oxygen atoms in total. The lowest BCUT2D eigenvalue weighted by Gasteiger charge is -2.13. The van der Waals surface area contributed by atoms with Gasteiger partial charge in [-0.15, -0.1) is 0 Å². The molecule has 0 fully saturated rings. The lowest BCUT2D eigenvalue weighted by Crippen LogP contribution is -2.33. The molecule has 0 radical (unpaired) electrons. The summed E-state index contributed by atoms with van der Waals surface area (Å²) >= 11 is 0. The molecule has 0 aliphatic carbocycles. The van der Waals surface area contributed by atoms with E-state index in [0.717, 1.165) is 11.4 Å². The van der Waals surface area contributed by atoms with Gasteiger partial charge in [0.2, 0.25) is 0 Å². The van der Waals surface area contributed by atoms with Crippen LogP contribution in [0.2, 0.25) is 0 Å². The maximum absolute atomic E-state index is 8.94. The molecule has 1 rings (SSSR count). The molecular formula is C8H13BN2O2. The first-order valence-electron chi connectivity index (χ1n) is 4.02. The van der Waals surface area contributed by atoms with E-state index in [2.05, 4.69) is 4.98 Å². The maximum atomic E-state index is 8.94. The number of hydrogen-bond donors (Lipinski definition) is 2. The van der Waals surface area contributed by atoms with Gasteiger partial charge in [0, 0.05) is 25.8 Å². The minimum Gasteiger partial charge on any atom is -0.423 e. The fraction of sp³-hybridized carbons (Fsp3) is 0.375. The van der Waals surface area contributed by atoms with E-state index in [9.17, 15) is 0 Å². The van der Waals surface area contributed by atoms with Crippen molar-refractivity contribution >= 4 is 18.4 Å². The van der Waals surface area contributed by atoms with E-state index < -0.39 is 7.12 Å². The van der Waals surface area contributed by atoms with E-state index in [-0.39, 0.29) is 0 Å². The fourth-order valence-corrected chi connectivity index (χ4v) is 1.07. The molecule has 0 spiro atoms. The third-order valence-electron chi connectivity index (χ3n) is 1.87. The number of hydrogen-bond acceptors (Lipinski definition) is 4. The first-order chi connectivity index (χ1) is 6.02. The zero-order valence-corrected chi connectivity index (χ0v) is 8.02. The number of anilines is 1. The van der Waals surface area contributed by atoms with Gasteiger partial charge < -0.3 is 14.9 Å². The molecule has 0 bridgehead atoms. The highest BCUT2D eigenvalue weighted by Gasteiger charge is 2.14. The Balaban J connectivity index is 3.06. The number of nitrogens with zero attached hydrogens (tertiary/aromatic N) is 2. The monoisotopic (exact) mass is 180 g/mol. The standard InChI is InChI=1S/C8H13BN2O2/c1-6-4-8(11(2)3)10-5-7(6)9(12)13/h4-5,12-13H,1-3H3. The highest BCUT2D eigenvalue weighted by Crippen LogP contribution is 2.06. The van der Waals surface area contributed by atoms with Crippen molar-refractivity contribution in [2.45, 2.75) is 6.92 Å². The van der Waals surface area contributed by atoms with Gasteiger partial charge in [0.15, 0.2) is 0 Å². The Labute approximate surface area is 78.0 Å². The predicted octanol–water partition coefficient (Wildman–Crippen LogP) is -0.864. The fourth-order valence-electron chi connectivity index (χ4n) is 1.07. The summed E-state index contributed by atoms with van der Waals surface area (Å²) in [6, 6.07) is 1.81. The lowest BCUT2D eigenvalue weighted by atomic mass is 9.79. The van der Waals surface area contributed by atoms with Crippen LogP contribution in [-0.4, -0.2) is 36.2 Å². The van der Waals surface area contributed by atoms with Crippen LogP contribution >= 0.6 is 0 Å². The first-order valence-corrected chi connectivity index (χ1v) is 4.02. The second kappa shape index (κ2) is 3.76. The maximum Gasteiger partial charge on any atom is 0.490 e. The van der Waals surface area contributed by atoms with Crippen LogP contribution in [0.1, 0.15) is 5.56 Å². The molecule has 2 N–H and O–H groups in total. The summed E-state index contributed by atoms with van der Waals surface area (Å²) in [6.07, 6.45) is 1.48. The summed E-state index contributed by atoms with van der Waals surface area (Å²) in [7, 11) is 2.33. The highest BCUT2D eigenvalue weighted by atomic mass is 16.4. The molecule has 1 aromatic rings. The molecule has 70 valence electrons. The van der Waals surface area contributed by atoms with Crippen molar-refractivity contribution in [2.24, 2.45) is 0 Å². The number of rotatable bonds is 2. The molecule has 0 amide bonds. The van der Waals surface area contributed by atoms with Crippen molar-refractivity contribution < 1.29 is 10.0 Å². The van der Waals surface area contributed by atoms with E-state index >= 15 is 0 Å². The van der Waals surface area contributed by atoms with Crippen LogP contribution < -0.4 is 10.4 Å². The molecule has 1 heterocycles. The Morgan fingerprint density at radius 1 is 1.38 bits per heavy atom. The summed E-state index contributed by atoms with van der Waals surface area (Å²) in [5.74, 6) is 0.807. The Morgan fingerprint density at radius 2 is 2.00 bits per heavy atom. The summed E-state index contributed by atoms with van der Waals surface area (Å²) in [5, 5.41) is 17.9. The Bertz CT molecular complexity index is 302. The van der Waals surface area contributed by atoms with Crippen LogP contribution in [0.15, 0.2) is 12.3 Å². The largest absolute Gasteiger partial charge is 0.490 e. The third-order valence-corrected chi connectivity index (χ3v) is 1.87. The Morgan fingerprint density at radius 3 is 2.38 bits per heavy atom. The third kappa shape index (κ3) is 2.20. The van der Waals surface area contributed by atoms with Crippen LogP contribution in [-0.2, 0) is 0 Å². The molecular weight excluding hydrogens is 167 g/mol. The van der Waals surface area contributed by atoms with Crippen molar-refractivity contribution in [3.8, 4) is 0 Å². The van der Waals surface area contributed by atoms with Crippen LogP contribution in [0.3, 0.4) is 0 Å². The predicted molar refractivity (Wildman–Crippen MR) is 53.1 cm³/mol. The van der Waals surface area contributed by atoms with Crippen LogP contribution in [0.5, 0.6) is 0 Å². The van der Waals surface area contributed by atoms with Crippen LogP contribution in [0.25, 0.3) is 0 Å². The topological polar surface area (TPSA) is 56.6 Å². The van der Waals surface area contributed by atoms with Gasteiger partial charge >= 0.3 is 7.12 Å². The summed E-state index contributed by atoms with van der Waals surface area (Å²) in [4.78, 5) is 5.93. The van der Waals surface area contributed by atoms with E-state index in [0.29, 0.717) is 5.46 Å². The quantitative estimate of drug-likeness (QED) is 0.581. The molecule has 0 unspecified atom stereocenters. The van der Waals surface area contributed by atoms with Gasteiger partial charge in [0.25, 0.3) is 0 Å². The highest BCUT2D eigenvalue weighted by molar-refractivity contribution is 6.59. The zero-order chi connectivity index (χ0) is 10.0. The minimum absolute atomic E-state index is 0.450. The molecule has 0 aliphatic heterocycles. The van der Waals surface area contributed by atoms with Crippen molar-refractivity contribution in [2.75, 3.05) is 19.0 Å². The normalized spacial score (nSPS) is 9.92. The van der Waals surface area contributed by atoms with Crippen molar-refractivity contribution in [1.82, 2.24) is 4.98 Å². The van der Waals surface area contributed by atoms with Gasteiger partial charge in [-0.05, 0) is 18.6 Å². The second-order valence-corrected chi connectivity index (χ2v) is 3.17. The molecule has 0 aliphatic rings. The number of aryl methyl sites for hydroxylation is 1. The van der Waals surface area contributed by atoms with Gasteiger partial charge in [-0.1, -0.05) is 0 Å². The molecule has 5 heteroatoms. The van der Waals surface area contributed by atoms with E-state index in [1.54, 1.807) is 0 Å². The smallest absolute Gasteiger partial charge is 0.423 e. The van der Waals surface area contributed by atoms with Gasteiger partial charge in [0.05, 0.1) is 0 Å². The summed E-state index contributed by atoms with van der Waals surface area (Å²) in [5.41, 5.74) is 1.28. The molecule has 1 aromatic heterocycles. The van der Waals surface area contributed by atoms with Crippen LogP contribution in [0, 0.1) is 6.92 Å². The molecule has 0 aromatic carbocycles. The van der Waals surface area contributed by atoms with Crippen molar-refractivity contribution in [3.63, 3.8) is 0 Å². The number of aromatic nitrogens is 1.